The standard InChI is InChI=1S/C27H36O2/c1-18-15-25(28-3)27(2)14-13-23-22-12-10-21(29-17-19-7-5-4-6-8-19)16-20(22)9-11-24(23)26(18)27/h5,7-8,10,12,16,18,23-26H,4,6,9,11,13-15,17H2,1-3H3/t18?,23?,24?,25-,26?,27+/m0/s1. The highest BCUT2D eigenvalue weighted by molar-refractivity contribution is 5.41. The fourth-order valence-electron chi connectivity index (χ4n) is 7.43. The van der Waals surface area contributed by atoms with Gasteiger partial charge in [0.2, 0.25) is 0 Å². The largest absolute Gasteiger partial charge is 0.489 e. The summed E-state index contributed by atoms with van der Waals surface area (Å²) in [4.78, 5) is 0. The van der Waals surface area contributed by atoms with Gasteiger partial charge in [0.05, 0.1) is 6.10 Å². The molecule has 2 fully saturated rings. The second-order valence-corrected chi connectivity index (χ2v) is 10.2. The van der Waals surface area contributed by atoms with E-state index in [9.17, 15) is 0 Å². The number of allylic oxidation sites excluding steroid dienone is 2. The molecule has 29 heavy (non-hydrogen) atoms. The number of benzene rings is 1. The summed E-state index contributed by atoms with van der Waals surface area (Å²) >= 11 is 0. The van der Waals surface area contributed by atoms with Crippen LogP contribution in [0.1, 0.15) is 69.4 Å². The average Bonchev–Trinajstić information content (AvgIpc) is 3.02. The van der Waals surface area contributed by atoms with Gasteiger partial charge in [-0.1, -0.05) is 38.1 Å². The van der Waals surface area contributed by atoms with Crippen molar-refractivity contribution in [3.05, 3.63) is 53.1 Å². The lowest BCUT2D eigenvalue weighted by Gasteiger charge is -2.51. The highest BCUT2D eigenvalue weighted by Gasteiger charge is 2.57. The molecule has 5 rings (SSSR count). The average molecular weight is 393 g/mol. The molecule has 0 spiro atoms. The summed E-state index contributed by atoms with van der Waals surface area (Å²) < 4.78 is 12.1. The lowest BCUT2D eigenvalue weighted by atomic mass is 9.54. The molecule has 2 saturated carbocycles. The molecule has 0 aliphatic heterocycles. The van der Waals surface area contributed by atoms with Gasteiger partial charge in [-0.25, -0.2) is 0 Å². The van der Waals surface area contributed by atoms with E-state index < -0.39 is 0 Å². The van der Waals surface area contributed by atoms with E-state index in [1.165, 1.54) is 43.2 Å². The minimum absolute atomic E-state index is 0.372. The lowest BCUT2D eigenvalue weighted by Crippen LogP contribution is -2.45. The van der Waals surface area contributed by atoms with Crippen LogP contribution in [-0.4, -0.2) is 19.8 Å². The van der Waals surface area contributed by atoms with Crippen LogP contribution < -0.4 is 4.74 Å². The number of hydrogen-bond donors (Lipinski definition) is 0. The minimum Gasteiger partial charge on any atom is -0.489 e. The fraction of sp³-hybridized carbons (Fsp3) is 0.630. The van der Waals surface area contributed by atoms with Crippen LogP contribution in [0.3, 0.4) is 0 Å². The summed E-state index contributed by atoms with van der Waals surface area (Å²) in [5.74, 6) is 4.17. The first-order valence-electron chi connectivity index (χ1n) is 11.7. The van der Waals surface area contributed by atoms with E-state index in [1.54, 1.807) is 5.56 Å². The van der Waals surface area contributed by atoms with Gasteiger partial charge in [0.1, 0.15) is 12.4 Å². The number of aryl methyl sites for hydroxylation is 1. The number of rotatable bonds is 4. The van der Waals surface area contributed by atoms with E-state index in [-0.39, 0.29) is 0 Å². The van der Waals surface area contributed by atoms with Crippen molar-refractivity contribution in [2.75, 3.05) is 13.7 Å². The fourth-order valence-corrected chi connectivity index (χ4v) is 7.43. The number of hydrogen-bond acceptors (Lipinski definition) is 2. The van der Waals surface area contributed by atoms with E-state index in [2.05, 4.69) is 50.3 Å². The third-order valence-corrected chi connectivity index (χ3v) is 8.69. The quantitative estimate of drug-likeness (QED) is 0.585. The summed E-state index contributed by atoms with van der Waals surface area (Å²) in [5, 5.41) is 0. The highest BCUT2D eigenvalue weighted by Crippen LogP contribution is 2.63. The number of methoxy groups -OCH3 is 1. The van der Waals surface area contributed by atoms with Crippen LogP contribution in [-0.2, 0) is 11.2 Å². The summed E-state index contributed by atoms with van der Waals surface area (Å²) in [6.07, 6.45) is 15.9. The molecule has 4 aliphatic carbocycles. The summed E-state index contributed by atoms with van der Waals surface area (Å²) in [6, 6.07) is 6.95. The molecule has 1 aromatic rings. The number of ether oxygens (including phenoxy) is 2. The van der Waals surface area contributed by atoms with Gasteiger partial charge in [0.15, 0.2) is 0 Å². The molecule has 4 aliphatic rings. The molecule has 1 aromatic carbocycles. The molecule has 0 bridgehead atoms. The Kier molecular flexibility index (Phi) is 5.10. The van der Waals surface area contributed by atoms with Gasteiger partial charge in [-0.3, -0.25) is 0 Å². The summed E-state index contributed by atoms with van der Waals surface area (Å²) in [5.41, 5.74) is 4.83. The second kappa shape index (κ2) is 7.61. The van der Waals surface area contributed by atoms with Gasteiger partial charge in [0, 0.05) is 7.11 Å². The normalized spacial score (nSPS) is 38.0. The van der Waals surface area contributed by atoms with Crippen LogP contribution in [0.25, 0.3) is 0 Å². The SMILES string of the molecule is CO[C@H]1CC(C)C2C3CCc4cc(OCC5=CCCC=C5)ccc4C3CC[C@@]21C. The molecule has 0 radical (unpaired) electrons. The van der Waals surface area contributed by atoms with Crippen LogP contribution >= 0.6 is 0 Å². The predicted octanol–water partition coefficient (Wildman–Crippen LogP) is 6.46. The molecule has 2 nitrogen and oxygen atoms in total. The predicted molar refractivity (Wildman–Crippen MR) is 118 cm³/mol. The van der Waals surface area contributed by atoms with Gasteiger partial charge >= 0.3 is 0 Å². The zero-order valence-corrected chi connectivity index (χ0v) is 18.3. The van der Waals surface area contributed by atoms with E-state index in [0.717, 1.165) is 42.3 Å². The molecule has 6 atom stereocenters. The van der Waals surface area contributed by atoms with Crippen LogP contribution in [0, 0.1) is 23.2 Å². The number of fused-ring (bicyclic) bond motifs is 5. The molecule has 156 valence electrons. The molecular formula is C27H36O2. The van der Waals surface area contributed by atoms with Gasteiger partial charge in [-0.05, 0) is 103 Å². The van der Waals surface area contributed by atoms with E-state index in [0.29, 0.717) is 18.1 Å². The maximum Gasteiger partial charge on any atom is 0.120 e. The van der Waals surface area contributed by atoms with Crippen LogP contribution in [0.4, 0.5) is 0 Å². The van der Waals surface area contributed by atoms with Crippen molar-refractivity contribution in [3.8, 4) is 5.75 Å². The highest BCUT2D eigenvalue weighted by atomic mass is 16.5. The summed E-state index contributed by atoms with van der Waals surface area (Å²) in [6.45, 7) is 5.69. The van der Waals surface area contributed by atoms with Crippen molar-refractivity contribution in [2.24, 2.45) is 23.2 Å². The Labute approximate surface area is 176 Å². The first-order valence-corrected chi connectivity index (χ1v) is 11.7. The Morgan fingerprint density at radius 2 is 2.07 bits per heavy atom. The van der Waals surface area contributed by atoms with Crippen molar-refractivity contribution in [1.29, 1.82) is 0 Å². The van der Waals surface area contributed by atoms with E-state index >= 15 is 0 Å². The smallest absolute Gasteiger partial charge is 0.120 e. The zero-order chi connectivity index (χ0) is 20.0. The van der Waals surface area contributed by atoms with Gasteiger partial charge in [-0.2, -0.15) is 0 Å². The Hall–Kier alpha value is -1.54. The van der Waals surface area contributed by atoms with Crippen molar-refractivity contribution < 1.29 is 9.47 Å². The van der Waals surface area contributed by atoms with Crippen LogP contribution in [0.2, 0.25) is 0 Å². The lowest BCUT2D eigenvalue weighted by molar-refractivity contribution is -0.0481. The monoisotopic (exact) mass is 392 g/mol. The molecule has 0 heterocycles. The minimum atomic E-state index is 0.372. The first-order chi connectivity index (χ1) is 14.1. The molecule has 4 unspecified atom stereocenters. The summed E-state index contributed by atoms with van der Waals surface area (Å²) in [7, 11) is 1.92. The van der Waals surface area contributed by atoms with E-state index in [1.807, 2.05) is 7.11 Å². The van der Waals surface area contributed by atoms with Gasteiger partial charge in [0.25, 0.3) is 0 Å². The Bertz CT molecular complexity index is 822. The molecule has 0 saturated heterocycles. The molecule has 0 N–H and O–H groups in total. The first kappa shape index (κ1) is 19.4. The molecule has 2 heteroatoms. The van der Waals surface area contributed by atoms with Crippen molar-refractivity contribution in [1.82, 2.24) is 0 Å². The Morgan fingerprint density at radius 3 is 2.86 bits per heavy atom. The maximum absolute atomic E-state index is 6.14. The maximum atomic E-state index is 6.14. The Morgan fingerprint density at radius 1 is 1.17 bits per heavy atom. The van der Waals surface area contributed by atoms with Crippen molar-refractivity contribution in [2.45, 2.75) is 70.8 Å². The van der Waals surface area contributed by atoms with E-state index in [4.69, 9.17) is 9.47 Å². The third-order valence-electron chi connectivity index (χ3n) is 8.69. The third kappa shape index (κ3) is 3.28. The van der Waals surface area contributed by atoms with Gasteiger partial charge in [-0.15, -0.1) is 0 Å². The van der Waals surface area contributed by atoms with Crippen LogP contribution in [0.15, 0.2) is 42.0 Å². The van der Waals surface area contributed by atoms with Crippen molar-refractivity contribution in [3.63, 3.8) is 0 Å². The molecule has 0 aromatic heterocycles. The van der Waals surface area contributed by atoms with Gasteiger partial charge < -0.3 is 9.47 Å². The second-order valence-electron chi connectivity index (χ2n) is 10.2. The van der Waals surface area contributed by atoms with Crippen molar-refractivity contribution >= 4 is 0 Å². The Balaban J connectivity index is 1.34. The zero-order valence-electron chi connectivity index (χ0n) is 18.3. The molecular weight excluding hydrogens is 356 g/mol. The topological polar surface area (TPSA) is 18.5 Å². The molecule has 0 amide bonds. The van der Waals surface area contributed by atoms with Crippen LogP contribution in [0.5, 0.6) is 5.75 Å².